The molecule has 1 unspecified atom stereocenters. The number of aromatic amines is 1. The molecule has 0 saturated carbocycles. The maximum atomic E-state index is 11.5. The maximum Gasteiger partial charge on any atom is 0.249 e. The van der Waals surface area contributed by atoms with Crippen molar-refractivity contribution in [3.8, 4) is 0 Å². The highest BCUT2D eigenvalue weighted by Crippen LogP contribution is 2.21. The van der Waals surface area contributed by atoms with Gasteiger partial charge in [-0.05, 0) is 6.07 Å². The lowest BCUT2D eigenvalue weighted by Crippen LogP contribution is -2.27. The SMILES string of the molecule is O=C1CC(CO)CN1c1cccc(=O)[nH]1. The molecule has 1 aromatic heterocycles. The fraction of sp³-hybridized carbons (Fsp3) is 0.400. The second-order valence-corrected chi connectivity index (χ2v) is 3.66. The second-order valence-electron chi connectivity index (χ2n) is 3.66. The highest BCUT2D eigenvalue weighted by atomic mass is 16.3. The molecule has 1 aromatic rings. The van der Waals surface area contributed by atoms with E-state index in [-0.39, 0.29) is 24.0 Å². The Labute approximate surface area is 86.3 Å². The molecule has 0 aromatic carbocycles. The Kier molecular flexibility index (Phi) is 2.55. The standard InChI is InChI=1S/C10H12N2O3/c13-6-7-4-10(15)12(5-7)8-2-1-3-9(14)11-8/h1-3,7,13H,4-6H2,(H,11,14). The lowest BCUT2D eigenvalue weighted by atomic mass is 10.1. The molecule has 1 amide bonds. The predicted octanol–water partition coefficient (Wildman–Crippen LogP) is -0.280. The summed E-state index contributed by atoms with van der Waals surface area (Å²) in [7, 11) is 0. The number of carbonyl (C=O) groups excluding carboxylic acids is 1. The van der Waals surface area contributed by atoms with E-state index in [0.29, 0.717) is 18.8 Å². The minimum Gasteiger partial charge on any atom is -0.396 e. The maximum absolute atomic E-state index is 11.5. The van der Waals surface area contributed by atoms with Gasteiger partial charge in [0.1, 0.15) is 5.82 Å². The summed E-state index contributed by atoms with van der Waals surface area (Å²) in [6.07, 6.45) is 0.341. The number of carbonyl (C=O) groups is 1. The van der Waals surface area contributed by atoms with Gasteiger partial charge in [0.05, 0.1) is 0 Å². The van der Waals surface area contributed by atoms with Gasteiger partial charge in [-0.25, -0.2) is 0 Å². The van der Waals surface area contributed by atoms with Gasteiger partial charge >= 0.3 is 0 Å². The van der Waals surface area contributed by atoms with E-state index in [0.717, 1.165) is 0 Å². The topological polar surface area (TPSA) is 73.4 Å². The highest BCUT2D eigenvalue weighted by Gasteiger charge is 2.30. The van der Waals surface area contributed by atoms with Crippen LogP contribution in [0.15, 0.2) is 23.0 Å². The van der Waals surface area contributed by atoms with Crippen LogP contribution in [0.1, 0.15) is 6.42 Å². The molecule has 80 valence electrons. The van der Waals surface area contributed by atoms with Crippen LogP contribution in [-0.4, -0.2) is 29.1 Å². The summed E-state index contributed by atoms with van der Waals surface area (Å²) < 4.78 is 0. The molecule has 2 heterocycles. The van der Waals surface area contributed by atoms with Gasteiger partial charge in [0.15, 0.2) is 0 Å². The largest absolute Gasteiger partial charge is 0.396 e. The minimum absolute atomic E-state index is 0.000689. The number of H-pyrrole nitrogens is 1. The number of aliphatic hydroxyl groups excluding tert-OH is 1. The number of anilines is 1. The quantitative estimate of drug-likeness (QED) is 0.702. The molecule has 1 fully saturated rings. The third-order valence-electron chi connectivity index (χ3n) is 2.51. The van der Waals surface area contributed by atoms with Crippen molar-refractivity contribution in [2.45, 2.75) is 6.42 Å². The molecule has 2 rings (SSSR count). The fourth-order valence-corrected chi connectivity index (χ4v) is 1.73. The number of pyridine rings is 1. The summed E-state index contributed by atoms with van der Waals surface area (Å²) in [5.74, 6) is 0.417. The second kappa shape index (κ2) is 3.86. The van der Waals surface area contributed by atoms with E-state index >= 15 is 0 Å². The first-order valence-corrected chi connectivity index (χ1v) is 4.81. The molecule has 5 nitrogen and oxygen atoms in total. The third-order valence-corrected chi connectivity index (χ3v) is 2.51. The van der Waals surface area contributed by atoms with Gasteiger partial charge in [-0.3, -0.25) is 14.5 Å². The Hall–Kier alpha value is -1.62. The van der Waals surface area contributed by atoms with Crippen LogP contribution in [-0.2, 0) is 4.79 Å². The molecule has 0 radical (unpaired) electrons. The summed E-state index contributed by atoms with van der Waals surface area (Å²) in [5.41, 5.74) is -0.229. The molecule has 0 spiro atoms. The predicted molar refractivity (Wildman–Crippen MR) is 54.6 cm³/mol. The zero-order valence-corrected chi connectivity index (χ0v) is 8.14. The van der Waals surface area contributed by atoms with Crippen LogP contribution in [0.25, 0.3) is 0 Å². The molecule has 5 heteroatoms. The van der Waals surface area contributed by atoms with Crippen LogP contribution < -0.4 is 10.5 Å². The Balaban J connectivity index is 2.25. The number of hydrogen-bond acceptors (Lipinski definition) is 3. The van der Waals surface area contributed by atoms with Gasteiger partial charge < -0.3 is 10.1 Å². The molecule has 0 bridgehead atoms. The van der Waals surface area contributed by atoms with Gasteiger partial charge in [0.2, 0.25) is 11.5 Å². The van der Waals surface area contributed by atoms with E-state index in [4.69, 9.17) is 5.11 Å². The number of nitrogens with one attached hydrogen (secondary N) is 1. The first-order valence-electron chi connectivity index (χ1n) is 4.81. The molecule has 2 N–H and O–H groups in total. The van der Waals surface area contributed by atoms with E-state index in [2.05, 4.69) is 4.98 Å². The lowest BCUT2D eigenvalue weighted by molar-refractivity contribution is -0.117. The number of aromatic nitrogens is 1. The van der Waals surface area contributed by atoms with Gasteiger partial charge in [-0.15, -0.1) is 0 Å². The van der Waals surface area contributed by atoms with Crippen LogP contribution in [0.5, 0.6) is 0 Å². The van der Waals surface area contributed by atoms with E-state index in [1.165, 1.54) is 11.0 Å². The zero-order valence-electron chi connectivity index (χ0n) is 8.14. The van der Waals surface area contributed by atoms with Crippen molar-refractivity contribution in [3.63, 3.8) is 0 Å². The van der Waals surface area contributed by atoms with Crippen molar-refractivity contribution in [1.82, 2.24) is 4.98 Å². The van der Waals surface area contributed by atoms with Crippen LogP contribution in [0.3, 0.4) is 0 Å². The van der Waals surface area contributed by atoms with Crippen LogP contribution in [0.4, 0.5) is 5.82 Å². The minimum atomic E-state index is -0.229. The van der Waals surface area contributed by atoms with Crippen molar-refractivity contribution in [2.24, 2.45) is 5.92 Å². The summed E-state index contributed by atoms with van der Waals surface area (Å²) in [4.78, 5) is 26.7. The van der Waals surface area contributed by atoms with Crippen LogP contribution >= 0.6 is 0 Å². The molecule has 1 saturated heterocycles. The monoisotopic (exact) mass is 208 g/mol. The van der Waals surface area contributed by atoms with E-state index in [1.54, 1.807) is 12.1 Å². The highest BCUT2D eigenvalue weighted by molar-refractivity contribution is 5.94. The first-order chi connectivity index (χ1) is 7.20. The van der Waals surface area contributed by atoms with E-state index in [1.807, 2.05) is 0 Å². The first kappa shape index (κ1) is 9.92. The van der Waals surface area contributed by atoms with Crippen molar-refractivity contribution >= 4 is 11.7 Å². The van der Waals surface area contributed by atoms with Crippen molar-refractivity contribution in [2.75, 3.05) is 18.1 Å². The Morgan fingerprint density at radius 3 is 2.87 bits per heavy atom. The number of nitrogens with zero attached hydrogens (tertiary/aromatic N) is 1. The summed E-state index contributed by atoms with van der Waals surface area (Å²) in [6, 6.07) is 4.68. The van der Waals surface area contributed by atoms with Crippen molar-refractivity contribution in [3.05, 3.63) is 28.6 Å². The fourth-order valence-electron chi connectivity index (χ4n) is 1.73. The summed E-state index contributed by atoms with van der Waals surface area (Å²) >= 11 is 0. The number of aliphatic hydroxyl groups is 1. The molecule has 0 aliphatic carbocycles. The molecule has 15 heavy (non-hydrogen) atoms. The van der Waals surface area contributed by atoms with Gasteiger partial charge in [0.25, 0.3) is 0 Å². The number of amides is 1. The summed E-state index contributed by atoms with van der Waals surface area (Å²) in [5, 5.41) is 8.95. The van der Waals surface area contributed by atoms with Crippen molar-refractivity contribution in [1.29, 1.82) is 0 Å². The molecular weight excluding hydrogens is 196 g/mol. The Morgan fingerprint density at radius 2 is 2.27 bits per heavy atom. The van der Waals surface area contributed by atoms with Crippen LogP contribution in [0, 0.1) is 5.92 Å². The number of hydrogen-bond donors (Lipinski definition) is 2. The normalized spacial score (nSPS) is 21.0. The molecule has 1 atom stereocenters. The average molecular weight is 208 g/mol. The van der Waals surface area contributed by atoms with Gasteiger partial charge in [-0.2, -0.15) is 0 Å². The lowest BCUT2D eigenvalue weighted by Gasteiger charge is -2.15. The summed E-state index contributed by atoms with van der Waals surface area (Å²) in [6.45, 7) is 0.467. The van der Waals surface area contributed by atoms with Gasteiger partial charge in [0, 0.05) is 31.6 Å². The number of rotatable bonds is 2. The zero-order chi connectivity index (χ0) is 10.8. The third kappa shape index (κ3) is 1.92. The average Bonchev–Trinajstić information content (AvgIpc) is 2.60. The van der Waals surface area contributed by atoms with Gasteiger partial charge in [-0.1, -0.05) is 6.07 Å². The van der Waals surface area contributed by atoms with E-state index < -0.39 is 0 Å². The van der Waals surface area contributed by atoms with Crippen LogP contribution in [0.2, 0.25) is 0 Å². The smallest absolute Gasteiger partial charge is 0.249 e. The molecular formula is C10H12N2O3. The molecule has 1 aliphatic heterocycles. The Bertz CT molecular complexity index is 427. The van der Waals surface area contributed by atoms with Crippen molar-refractivity contribution < 1.29 is 9.90 Å². The molecule has 1 aliphatic rings. The Morgan fingerprint density at radius 1 is 1.47 bits per heavy atom. The van der Waals surface area contributed by atoms with E-state index in [9.17, 15) is 9.59 Å².